The van der Waals surface area contributed by atoms with Crippen molar-refractivity contribution in [2.75, 3.05) is 13.2 Å². The minimum atomic E-state index is -0.757. The molecule has 0 bridgehead atoms. The Bertz CT molecular complexity index is 398. The fourth-order valence-electron chi connectivity index (χ4n) is 2.66. The fraction of sp³-hybridized carbons (Fsp3) is 0.538. The number of hydrogen-bond acceptors (Lipinski definition) is 3. The summed E-state index contributed by atoms with van der Waals surface area (Å²) in [7, 11) is 0. The van der Waals surface area contributed by atoms with E-state index in [0.717, 1.165) is 5.56 Å². The van der Waals surface area contributed by atoms with Crippen molar-refractivity contribution < 1.29 is 14.6 Å². The Hall–Kier alpha value is -1.42. The van der Waals surface area contributed by atoms with Gasteiger partial charge in [0, 0.05) is 12.4 Å². The second-order valence-electron chi connectivity index (χ2n) is 4.95. The zero-order chi connectivity index (χ0) is 12.5. The monoisotopic (exact) mass is 235 g/mol. The van der Waals surface area contributed by atoms with Gasteiger partial charge < -0.3 is 9.84 Å². The van der Waals surface area contributed by atoms with Crippen LogP contribution in [0, 0.1) is 11.8 Å². The zero-order valence-electron chi connectivity index (χ0n) is 10.1. The van der Waals surface area contributed by atoms with Crippen LogP contribution in [0.15, 0.2) is 24.5 Å². The fourth-order valence-corrected chi connectivity index (χ4v) is 2.66. The Morgan fingerprint density at radius 3 is 2.59 bits per heavy atom. The summed E-state index contributed by atoms with van der Waals surface area (Å²) >= 11 is 0. The van der Waals surface area contributed by atoms with Crippen LogP contribution in [0.4, 0.5) is 0 Å². The molecule has 92 valence electrons. The molecule has 2 rings (SSSR count). The van der Waals surface area contributed by atoms with E-state index in [2.05, 4.69) is 4.98 Å². The number of carboxylic acids is 1. The summed E-state index contributed by atoms with van der Waals surface area (Å²) in [4.78, 5) is 15.6. The van der Waals surface area contributed by atoms with E-state index in [9.17, 15) is 9.90 Å². The van der Waals surface area contributed by atoms with Crippen molar-refractivity contribution in [3.8, 4) is 0 Å². The Kier molecular flexibility index (Phi) is 3.15. The van der Waals surface area contributed by atoms with Gasteiger partial charge in [0.15, 0.2) is 0 Å². The average Bonchev–Trinajstić information content (AvgIpc) is 2.23. The quantitative estimate of drug-likeness (QED) is 0.863. The summed E-state index contributed by atoms with van der Waals surface area (Å²) in [6.45, 7) is 4.81. The lowest BCUT2D eigenvalue weighted by Gasteiger charge is -2.47. The zero-order valence-corrected chi connectivity index (χ0v) is 10.1. The van der Waals surface area contributed by atoms with Gasteiger partial charge in [0.2, 0.25) is 0 Å². The number of pyridine rings is 1. The molecular weight excluding hydrogens is 218 g/mol. The number of carbonyl (C=O) groups is 1. The highest BCUT2D eigenvalue weighted by Crippen LogP contribution is 2.42. The van der Waals surface area contributed by atoms with Gasteiger partial charge in [0.25, 0.3) is 0 Å². The first-order chi connectivity index (χ1) is 8.08. The van der Waals surface area contributed by atoms with Gasteiger partial charge in [-0.05, 0) is 17.5 Å². The molecule has 4 heteroatoms. The normalized spacial score (nSPS) is 19.7. The van der Waals surface area contributed by atoms with E-state index in [4.69, 9.17) is 4.74 Å². The minimum Gasteiger partial charge on any atom is -0.481 e. The van der Waals surface area contributed by atoms with Crippen molar-refractivity contribution in [1.29, 1.82) is 0 Å². The van der Waals surface area contributed by atoms with E-state index in [1.165, 1.54) is 0 Å². The van der Waals surface area contributed by atoms with Gasteiger partial charge in [0.1, 0.15) is 0 Å². The molecule has 0 aliphatic carbocycles. The van der Waals surface area contributed by atoms with Crippen molar-refractivity contribution in [3.63, 3.8) is 0 Å². The Morgan fingerprint density at radius 1 is 1.53 bits per heavy atom. The number of carboxylic acid groups (broad SMARTS) is 1. The molecule has 17 heavy (non-hydrogen) atoms. The van der Waals surface area contributed by atoms with Gasteiger partial charge in [0.05, 0.1) is 24.5 Å². The highest BCUT2D eigenvalue weighted by Gasteiger charge is 2.51. The molecule has 1 atom stereocenters. The molecule has 4 nitrogen and oxygen atoms in total. The number of rotatable bonds is 4. The molecular formula is C13H17NO3. The maximum Gasteiger partial charge on any atom is 0.307 e. The molecule has 0 aromatic carbocycles. The number of ether oxygens (including phenoxy) is 1. The largest absolute Gasteiger partial charge is 0.481 e. The number of hydrogen-bond donors (Lipinski definition) is 1. The van der Waals surface area contributed by atoms with Crippen molar-refractivity contribution in [2.24, 2.45) is 11.8 Å². The number of aromatic nitrogens is 1. The smallest absolute Gasteiger partial charge is 0.307 e. The first-order valence-electron chi connectivity index (χ1n) is 5.79. The number of nitrogens with zero attached hydrogens (tertiary/aromatic N) is 1. The van der Waals surface area contributed by atoms with E-state index in [1.807, 2.05) is 26.0 Å². The molecule has 1 aromatic rings. The van der Waals surface area contributed by atoms with Crippen LogP contribution < -0.4 is 0 Å². The van der Waals surface area contributed by atoms with Crippen LogP contribution in [0.2, 0.25) is 0 Å². The second kappa shape index (κ2) is 4.45. The van der Waals surface area contributed by atoms with Gasteiger partial charge in [-0.15, -0.1) is 0 Å². The highest BCUT2D eigenvalue weighted by atomic mass is 16.5. The molecule has 1 unspecified atom stereocenters. The Labute approximate surface area is 101 Å². The summed E-state index contributed by atoms with van der Waals surface area (Å²) in [5.74, 6) is -1.12. The van der Waals surface area contributed by atoms with Crippen LogP contribution in [0.25, 0.3) is 0 Å². The lowest BCUT2D eigenvalue weighted by molar-refractivity contribution is -0.161. The van der Waals surface area contributed by atoms with E-state index < -0.39 is 17.3 Å². The van der Waals surface area contributed by atoms with Crippen LogP contribution in [-0.2, 0) is 14.9 Å². The summed E-state index contributed by atoms with van der Waals surface area (Å²) in [5, 5.41) is 9.43. The molecule has 1 aromatic heterocycles. The van der Waals surface area contributed by atoms with Gasteiger partial charge in [-0.1, -0.05) is 19.9 Å². The Morgan fingerprint density at radius 2 is 2.24 bits per heavy atom. The molecule has 1 aliphatic heterocycles. The first kappa shape index (κ1) is 12.0. The lowest BCUT2D eigenvalue weighted by atomic mass is 9.65. The second-order valence-corrected chi connectivity index (χ2v) is 4.95. The third-order valence-electron chi connectivity index (χ3n) is 3.48. The van der Waals surface area contributed by atoms with E-state index in [1.54, 1.807) is 12.4 Å². The van der Waals surface area contributed by atoms with Crippen LogP contribution in [-0.4, -0.2) is 29.3 Å². The van der Waals surface area contributed by atoms with Crippen LogP contribution >= 0.6 is 0 Å². The van der Waals surface area contributed by atoms with Crippen LogP contribution in [0.3, 0.4) is 0 Å². The maximum atomic E-state index is 11.5. The summed E-state index contributed by atoms with van der Waals surface area (Å²) < 4.78 is 5.28. The Balaban J connectivity index is 2.40. The van der Waals surface area contributed by atoms with Crippen molar-refractivity contribution in [1.82, 2.24) is 4.98 Å². The molecule has 2 heterocycles. The lowest BCUT2D eigenvalue weighted by Crippen LogP contribution is -2.56. The number of aliphatic carboxylic acids is 1. The van der Waals surface area contributed by atoms with Gasteiger partial charge in [-0.2, -0.15) is 0 Å². The average molecular weight is 235 g/mol. The summed E-state index contributed by atoms with van der Waals surface area (Å²) in [6.07, 6.45) is 3.45. The molecule has 0 spiro atoms. The standard InChI is InChI=1S/C13H17NO3/c1-9(2)11(12(15)16)13(7-17-8-13)10-4-3-5-14-6-10/h3-6,9,11H,7-8H2,1-2H3,(H,15,16). The van der Waals surface area contributed by atoms with Crippen molar-refractivity contribution >= 4 is 5.97 Å². The topological polar surface area (TPSA) is 59.4 Å². The predicted molar refractivity (Wildman–Crippen MR) is 62.7 cm³/mol. The highest BCUT2D eigenvalue weighted by molar-refractivity contribution is 5.73. The summed E-state index contributed by atoms with van der Waals surface area (Å²) in [6, 6.07) is 3.78. The molecule has 1 fully saturated rings. The third kappa shape index (κ3) is 1.93. The maximum absolute atomic E-state index is 11.5. The minimum absolute atomic E-state index is 0.0663. The van der Waals surface area contributed by atoms with Crippen LogP contribution in [0.5, 0.6) is 0 Å². The van der Waals surface area contributed by atoms with Crippen molar-refractivity contribution in [2.45, 2.75) is 19.3 Å². The SMILES string of the molecule is CC(C)C(C(=O)O)C1(c2cccnc2)COC1. The molecule has 1 N–H and O–H groups in total. The van der Waals surface area contributed by atoms with Gasteiger partial charge >= 0.3 is 5.97 Å². The van der Waals surface area contributed by atoms with E-state index >= 15 is 0 Å². The van der Waals surface area contributed by atoms with Gasteiger partial charge in [-0.25, -0.2) is 0 Å². The predicted octanol–water partition coefficient (Wildman–Crippen LogP) is 1.71. The molecule has 1 aliphatic rings. The van der Waals surface area contributed by atoms with Crippen molar-refractivity contribution in [3.05, 3.63) is 30.1 Å². The molecule has 0 saturated carbocycles. The molecule has 0 amide bonds. The molecule has 1 saturated heterocycles. The summed E-state index contributed by atoms with van der Waals surface area (Å²) in [5.41, 5.74) is 0.557. The van der Waals surface area contributed by atoms with Crippen LogP contribution in [0.1, 0.15) is 19.4 Å². The molecule has 0 radical (unpaired) electrons. The van der Waals surface area contributed by atoms with E-state index in [0.29, 0.717) is 13.2 Å². The first-order valence-corrected chi connectivity index (χ1v) is 5.79. The van der Waals surface area contributed by atoms with E-state index in [-0.39, 0.29) is 5.92 Å². The third-order valence-corrected chi connectivity index (χ3v) is 3.48. The van der Waals surface area contributed by atoms with Gasteiger partial charge in [-0.3, -0.25) is 9.78 Å².